The maximum atomic E-state index is 10.3. The van der Waals surface area contributed by atoms with E-state index in [1.54, 1.807) is 38.1 Å². The summed E-state index contributed by atoms with van der Waals surface area (Å²) in [7, 11) is 1.94. The van der Waals surface area contributed by atoms with Gasteiger partial charge in [-0.2, -0.15) is 0 Å². The summed E-state index contributed by atoms with van der Waals surface area (Å²) in [5.74, 6) is 0.230. The molecule has 1 atom stereocenters. The lowest BCUT2D eigenvalue weighted by Gasteiger charge is -2.37. The third-order valence-corrected chi connectivity index (χ3v) is 5.47. The van der Waals surface area contributed by atoms with E-state index in [-0.39, 0.29) is 11.3 Å². The number of rotatable bonds is 7. The quantitative estimate of drug-likeness (QED) is 0.374. The van der Waals surface area contributed by atoms with Crippen LogP contribution in [0.5, 0.6) is 0 Å². The minimum atomic E-state index is -2.09. The van der Waals surface area contributed by atoms with Crippen LogP contribution >= 0.6 is 0 Å². The van der Waals surface area contributed by atoms with Crippen molar-refractivity contribution in [1.82, 2.24) is 0 Å². The summed E-state index contributed by atoms with van der Waals surface area (Å²) in [5, 5.41) is 17.4. The SMILES string of the molecule is CC(C)/C(N)=C(\[B]CC(C)(C)C(C)(C)O)C=N.Cc1ccc(S(=O)[O-])cc1. The predicted molar refractivity (Wildman–Crippen MR) is 114 cm³/mol. The number of nitrogens with two attached hydrogens (primary N) is 1. The Kier molecular flexibility index (Phi) is 10.2. The van der Waals surface area contributed by atoms with Crippen LogP contribution in [0.1, 0.15) is 47.1 Å². The number of aliphatic hydroxyl groups is 1. The van der Waals surface area contributed by atoms with E-state index in [0.29, 0.717) is 11.2 Å². The average Bonchev–Trinajstić information content (AvgIpc) is 2.55. The van der Waals surface area contributed by atoms with Gasteiger partial charge in [0.1, 0.15) is 0 Å². The van der Waals surface area contributed by atoms with Crippen molar-refractivity contribution in [3.05, 3.63) is 41.0 Å². The smallest absolute Gasteiger partial charge is 0.156 e. The number of aryl methyl sites for hydroxylation is 1. The molecular formula is C20H33BN2O3S-. The van der Waals surface area contributed by atoms with Gasteiger partial charge in [-0.25, -0.2) is 0 Å². The summed E-state index contributed by atoms with van der Waals surface area (Å²) in [6.07, 6.45) is 1.98. The number of allylic oxidation sites excluding steroid dienone is 2. The molecule has 0 saturated carbocycles. The highest BCUT2D eigenvalue weighted by Gasteiger charge is 2.34. The zero-order valence-corrected chi connectivity index (χ0v) is 18.3. The van der Waals surface area contributed by atoms with Crippen molar-refractivity contribution in [1.29, 1.82) is 5.41 Å². The van der Waals surface area contributed by atoms with Crippen LogP contribution in [0.25, 0.3) is 0 Å². The summed E-state index contributed by atoms with van der Waals surface area (Å²) >= 11 is -2.09. The van der Waals surface area contributed by atoms with Crippen LogP contribution in [-0.2, 0) is 11.1 Å². The van der Waals surface area contributed by atoms with Crippen LogP contribution < -0.4 is 5.73 Å². The normalized spacial score (nSPS) is 14.0. The molecule has 0 aliphatic carbocycles. The van der Waals surface area contributed by atoms with Crippen LogP contribution in [-0.4, -0.2) is 33.0 Å². The van der Waals surface area contributed by atoms with E-state index >= 15 is 0 Å². The number of benzene rings is 1. The molecule has 1 radical (unpaired) electrons. The molecule has 1 rings (SSSR count). The molecule has 0 spiro atoms. The summed E-state index contributed by atoms with van der Waals surface area (Å²) in [4.78, 5) is 0.339. The fourth-order valence-electron chi connectivity index (χ4n) is 1.86. The van der Waals surface area contributed by atoms with Crippen molar-refractivity contribution < 1.29 is 13.9 Å². The highest BCUT2D eigenvalue weighted by molar-refractivity contribution is 7.79. The first-order valence-corrected chi connectivity index (χ1v) is 10.0. The first-order chi connectivity index (χ1) is 12.2. The zero-order chi connectivity index (χ0) is 21.4. The molecule has 151 valence electrons. The summed E-state index contributed by atoms with van der Waals surface area (Å²) in [6.45, 7) is 13.6. The van der Waals surface area contributed by atoms with Crippen LogP contribution in [0.2, 0.25) is 6.32 Å². The van der Waals surface area contributed by atoms with Gasteiger partial charge in [-0.15, -0.1) is 0 Å². The Bertz CT molecular complexity index is 663. The molecule has 0 aliphatic heterocycles. The number of hydrogen-bond acceptors (Lipinski definition) is 5. The lowest BCUT2D eigenvalue weighted by Crippen LogP contribution is -2.39. The Labute approximate surface area is 167 Å². The fourth-order valence-corrected chi connectivity index (χ4v) is 2.22. The van der Waals surface area contributed by atoms with Crippen molar-refractivity contribution in [3.8, 4) is 0 Å². The molecule has 0 saturated heterocycles. The van der Waals surface area contributed by atoms with Gasteiger partial charge in [0, 0.05) is 16.8 Å². The van der Waals surface area contributed by atoms with Gasteiger partial charge >= 0.3 is 0 Å². The standard InChI is InChI=1S/C13H26BN2O.C7H8O2S/c1-9(2)11(16)10(7-15)14-8-12(3,4)13(5,6)17;1-6-2-4-7(5-3-6)10(8)9/h7,9,15,17H,8,16H2,1-6H3;2-5H,1H3,(H,8,9)/p-1/b11-10+,15-7?;. The third-order valence-electron chi connectivity index (χ3n) is 4.81. The molecule has 0 amide bonds. The molecule has 0 heterocycles. The lowest BCUT2D eigenvalue weighted by atomic mass is 9.55. The minimum Gasteiger partial charge on any atom is -0.768 e. The van der Waals surface area contributed by atoms with Crippen molar-refractivity contribution in [2.45, 2.75) is 65.3 Å². The van der Waals surface area contributed by atoms with Gasteiger partial charge in [-0.05, 0) is 55.3 Å². The molecule has 4 N–H and O–H groups in total. The molecule has 0 bridgehead atoms. The maximum Gasteiger partial charge on any atom is 0.156 e. The van der Waals surface area contributed by atoms with Crippen molar-refractivity contribution in [2.75, 3.05) is 0 Å². The van der Waals surface area contributed by atoms with E-state index in [2.05, 4.69) is 0 Å². The van der Waals surface area contributed by atoms with Gasteiger partial charge in [-0.3, -0.25) is 4.21 Å². The molecule has 0 fully saturated rings. The first-order valence-electron chi connectivity index (χ1n) is 8.94. The second-order valence-corrected chi connectivity index (χ2v) is 9.05. The lowest BCUT2D eigenvalue weighted by molar-refractivity contribution is -0.0236. The van der Waals surface area contributed by atoms with Gasteiger partial charge in [-0.1, -0.05) is 57.2 Å². The van der Waals surface area contributed by atoms with E-state index in [1.165, 1.54) is 6.21 Å². The minimum absolute atomic E-state index is 0.230. The molecule has 27 heavy (non-hydrogen) atoms. The molecule has 7 heteroatoms. The van der Waals surface area contributed by atoms with Gasteiger partial charge < -0.3 is 20.8 Å². The molecule has 1 aromatic rings. The van der Waals surface area contributed by atoms with E-state index in [9.17, 15) is 13.9 Å². The Balaban J connectivity index is 0.000000569. The Morgan fingerprint density at radius 2 is 1.78 bits per heavy atom. The van der Waals surface area contributed by atoms with E-state index in [1.807, 2.05) is 41.9 Å². The molecule has 1 aromatic carbocycles. The largest absolute Gasteiger partial charge is 0.768 e. The highest BCUT2D eigenvalue weighted by Crippen LogP contribution is 2.34. The third kappa shape index (κ3) is 8.86. The van der Waals surface area contributed by atoms with E-state index in [0.717, 1.165) is 16.7 Å². The predicted octanol–water partition coefficient (Wildman–Crippen LogP) is 3.61. The topological polar surface area (TPSA) is 110 Å². The maximum absolute atomic E-state index is 10.3. The highest BCUT2D eigenvalue weighted by atomic mass is 32.2. The zero-order valence-electron chi connectivity index (χ0n) is 17.5. The fraction of sp³-hybridized carbons (Fsp3) is 0.550. The van der Waals surface area contributed by atoms with Gasteiger partial charge in [0.05, 0.1) is 5.60 Å². The van der Waals surface area contributed by atoms with Crippen LogP contribution in [0.15, 0.2) is 40.3 Å². The molecule has 0 aromatic heterocycles. The Hall–Kier alpha value is -1.44. The monoisotopic (exact) mass is 392 g/mol. The van der Waals surface area contributed by atoms with E-state index < -0.39 is 16.7 Å². The summed E-state index contributed by atoms with van der Waals surface area (Å²) in [5.41, 5.74) is 7.49. The second-order valence-electron chi connectivity index (χ2n) is 8.11. The van der Waals surface area contributed by atoms with Gasteiger partial charge in [0.2, 0.25) is 0 Å². The number of hydrogen-bond donors (Lipinski definition) is 3. The molecule has 1 unspecified atom stereocenters. The van der Waals surface area contributed by atoms with E-state index in [4.69, 9.17) is 11.1 Å². The van der Waals surface area contributed by atoms with Crippen molar-refractivity contribution >= 4 is 24.6 Å². The first kappa shape index (κ1) is 25.6. The number of nitrogens with one attached hydrogen (secondary N) is 1. The Morgan fingerprint density at radius 1 is 1.30 bits per heavy atom. The second kappa shape index (κ2) is 10.8. The summed E-state index contributed by atoms with van der Waals surface area (Å²) < 4.78 is 20.6. The van der Waals surface area contributed by atoms with Crippen molar-refractivity contribution in [2.24, 2.45) is 17.1 Å². The molecule has 5 nitrogen and oxygen atoms in total. The van der Waals surface area contributed by atoms with Crippen LogP contribution in [0, 0.1) is 23.7 Å². The average molecular weight is 392 g/mol. The van der Waals surface area contributed by atoms with Crippen LogP contribution in [0.3, 0.4) is 0 Å². The van der Waals surface area contributed by atoms with Gasteiger partial charge in [0.25, 0.3) is 0 Å². The molecule has 0 aliphatic rings. The molecular weight excluding hydrogens is 359 g/mol. The summed E-state index contributed by atoms with van der Waals surface area (Å²) in [6, 6.07) is 6.70. The Morgan fingerprint density at radius 3 is 2.11 bits per heavy atom. The van der Waals surface area contributed by atoms with Crippen LogP contribution in [0.4, 0.5) is 0 Å². The van der Waals surface area contributed by atoms with Gasteiger partial charge in [0.15, 0.2) is 7.28 Å². The van der Waals surface area contributed by atoms with Crippen molar-refractivity contribution in [3.63, 3.8) is 0 Å².